The first-order valence-electron chi connectivity index (χ1n) is 6.51. The molecule has 1 saturated heterocycles. The Bertz CT molecular complexity index is 837. The van der Waals surface area contributed by atoms with Crippen molar-refractivity contribution in [2.45, 2.75) is 24.5 Å². The van der Waals surface area contributed by atoms with Crippen LogP contribution in [-0.2, 0) is 4.74 Å². The van der Waals surface area contributed by atoms with Gasteiger partial charge >= 0.3 is 29.6 Å². The summed E-state index contributed by atoms with van der Waals surface area (Å²) in [6.07, 6.45) is -5.20. The number of hydrogen-bond donors (Lipinski definition) is 4. The standard InChI is InChI=1S/C13H13ClN2O6.Na/c14-6-3-1-2-5-8(6)11(20)15-16(12(5)21)13-10(19)9(18)7(4-17)22-13;/h1-3,7,9-10,13,17-19H,4H2,(H,15,20);/q;+1/t7-,9-,10-,13-;/m1./s1. The first-order chi connectivity index (χ1) is 10.5. The number of aliphatic hydroxyl groups is 3. The molecule has 1 aliphatic heterocycles. The fourth-order valence-corrected chi connectivity index (χ4v) is 2.81. The third kappa shape index (κ3) is 3.01. The van der Waals surface area contributed by atoms with Gasteiger partial charge in [0.15, 0.2) is 6.23 Å². The van der Waals surface area contributed by atoms with Crippen molar-refractivity contribution in [2.75, 3.05) is 6.61 Å². The largest absolute Gasteiger partial charge is 1.00 e. The molecule has 0 amide bonds. The smallest absolute Gasteiger partial charge is 0.394 e. The molecule has 0 bridgehead atoms. The van der Waals surface area contributed by atoms with Gasteiger partial charge in [-0.3, -0.25) is 14.7 Å². The number of aromatic amines is 1. The number of halogens is 1. The molecule has 0 spiro atoms. The maximum atomic E-state index is 12.5. The molecule has 23 heavy (non-hydrogen) atoms. The van der Waals surface area contributed by atoms with Gasteiger partial charge in [-0.25, -0.2) is 4.68 Å². The molecule has 4 N–H and O–H groups in total. The van der Waals surface area contributed by atoms with Gasteiger partial charge in [-0.05, 0) is 12.1 Å². The van der Waals surface area contributed by atoms with Crippen LogP contribution < -0.4 is 40.7 Å². The number of aromatic nitrogens is 2. The average molecular weight is 352 g/mol. The van der Waals surface area contributed by atoms with Crippen molar-refractivity contribution in [3.63, 3.8) is 0 Å². The summed E-state index contributed by atoms with van der Waals surface area (Å²) in [5.74, 6) is 0. The van der Waals surface area contributed by atoms with Crippen LogP contribution in [0.15, 0.2) is 27.8 Å². The zero-order valence-electron chi connectivity index (χ0n) is 12.1. The fourth-order valence-electron chi connectivity index (χ4n) is 2.55. The van der Waals surface area contributed by atoms with Crippen LogP contribution in [0.25, 0.3) is 10.8 Å². The summed E-state index contributed by atoms with van der Waals surface area (Å²) in [5, 5.41) is 31.3. The summed E-state index contributed by atoms with van der Waals surface area (Å²) < 4.78 is 6.04. The normalized spacial score (nSPS) is 27.1. The Labute approximate surface area is 156 Å². The van der Waals surface area contributed by atoms with Gasteiger partial charge in [0.05, 0.1) is 22.4 Å². The van der Waals surface area contributed by atoms with Crippen LogP contribution in [0.3, 0.4) is 0 Å². The SMILES string of the molecule is O=c1[nH]n([C@@H]2O[C@H](CO)[C@@H](O)[C@H]2O)c(=O)c2cccc(Cl)c12.[Na+]. The summed E-state index contributed by atoms with van der Waals surface area (Å²) in [6, 6.07) is 4.43. The molecular weight excluding hydrogens is 339 g/mol. The molecular formula is C13H13ClN2NaO6+. The molecule has 1 aromatic heterocycles. The maximum absolute atomic E-state index is 12.5. The molecule has 2 heterocycles. The second-order valence-electron chi connectivity index (χ2n) is 5.01. The predicted octanol–water partition coefficient (Wildman–Crippen LogP) is -4.04. The summed E-state index contributed by atoms with van der Waals surface area (Å²) in [5.41, 5.74) is -1.26. The first kappa shape index (κ1) is 18.6. The molecule has 0 unspecified atom stereocenters. The van der Waals surface area contributed by atoms with Crippen LogP contribution in [0.5, 0.6) is 0 Å². The van der Waals surface area contributed by atoms with Crippen LogP contribution in [0, 0.1) is 0 Å². The van der Waals surface area contributed by atoms with E-state index in [0.717, 1.165) is 4.68 Å². The molecule has 1 aromatic carbocycles. The van der Waals surface area contributed by atoms with Gasteiger partial charge in [-0.15, -0.1) is 0 Å². The van der Waals surface area contributed by atoms with E-state index < -0.39 is 42.3 Å². The quantitative estimate of drug-likeness (QED) is 0.408. The molecule has 8 nitrogen and oxygen atoms in total. The first-order valence-corrected chi connectivity index (χ1v) is 6.89. The van der Waals surface area contributed by atoms with Crippen molar-refractivity contribution in [3.05, 3.63) is 43.9 Å². The topological polar surface area (TPSA) is 125 Å². The van der Waals surface area contributed by atoms with Gasteiger partial charge in [0.1, 0.15) is 18.3 Å². The third-order valence-electron chi connectivity index (χ3n) is 3.68. The van der Waals surface area contributed by atoms with E-state index >= 15 is 0 Å². The zero-order chi connectivity index (χ0) is 16.0. The molecule has 0 aliphatic carbocycles. The Balaban J connectivity index is 0.00000192. The van der Waals surface area contributed by atoms with Gasteiger partial charge in [0, 0.05) is 0 Å². The van der Waals surface area contributed by atoms with Gasteiger partial charge in [-0.2, -0.15) is 0 Å². The molecule has 1 fully saturated rings. The van der Waals surface area contributed by atoms with E-state index in [1.807, 2.05) is 0 Å². The van der Waals surface area contributed by atoms with Gasteiger partial charge in [0.2, 0.25) is 0 Å². The van der Waals surface area contributed by atoms with Crippen LogP contribution >= 0.6 is 11.6 Å². The molecule has 3 rings (SSSR count). The average Bonchev–Trinajstić information content (AvgIpc) is 2.78. The number of benzene rings is 1. The number of ether oxygens (including phenoxy) is 1. The van der Waals surface area contributed by atoms with Crippen LogP contribution in [0.2, 0.25) is 5.02 Å². The van der Waals surface area contributed by atoms with Gasteiger partial charge in [-0.1, -0.05) is 17.7 Å². The number of aliphatic hydroxyl groups excluding tert-OH is 3. The van der Waals surface area contributed by atoms with Crippen molar-refractivity contribution in [3.8, 4) is 0 Å². The van der Waals surface area contributed by atoms with Crippen molar-refractivity contribution >= 4 is 22.4 Å². The molecule has 1 aliphatic rings. The van der Waals surface area contributed by atoms with Crippen LogP contribution in [0.1, 0.15) is 6.23 Å². The Morgan fingerprint density at radius 1 is 1.26 bits per heavy atom. The molecule has 2 aromatic rings. The second kappa shape index (κ2) is 7.04. The predicted molar refractivity (Wildman–Crippen MR) is 76.8 cm³/mol. The fraction of sp³-hybridized carbons (Fsp3) is 0.385. The zero-order valence-corrected chi connectivity index (χ0v) is 14.9. The Morgan fingerprint density at radius 3 is 2.57 bits per heavy atom. The molecule has 0 radical (unpaired) electrons. The van der Waals surface area contributed by atoms with E-state index in [-0.39, 0.29) is 45.4 Å². The number of H-pyrrole nitrogens is 1. The van der Waals surface area contributed by atoms with E-state index in [2.05, 4.69) is 5.10 Å². The number of hydrogen-bond acceptors (Lipinski definition) is 6. The maximum Gasteiger partial charge on any atom is 1.00 e. The minimum absolute atomic E-state index is 0. The van der Waals surface area contributed by atoms with Gasteiger partial charge in [0.25, 0.3) is 11.1 Å². The molecule has 0 saturated carbocycles. The third-order valence-corrected chi connectivity index (χ3v) is 4.00. The summed E-state index contributed by atoms with van der Waals surface area (Å²) in [6.45, 7) is -0.535. The number of nitrogens with one attached hydrogen (secondary N) is 1. The summed E-state index contributed by atoms with van der Waals surface area (Å²) in [4.78, 5) is 24.6. The van der Waals surface area contributed by atoms with E-state index in [0.29, 0.717) is 0 Å². The van der Waals surface area contributed by atoms with E-state index in [1.165, 1.54) is 18.2 Å². The van der Waals surface area contributed by atoms with Crippen molar-refractivity contribution in [2.24, 2.45) is 0 Å². The Hall–Kier alpha value is -0.710. The summed E-state index contributed by atoms with van der Waals surface area (Å²) >= 11 is 5.92. The molecule has 10 heteroatoms. The van der Waals surface area contributed by atoms with Crippen molar-refractivity contribution in [1.29, 1.82) is 0 Å². The van der Waals surface area contributed by atoms with Gasteiger partial charge < -0.3 is 20.1 Å². The monoisotopic (exact) mass is 351 g/mol. The number of fused-ring (bicyclic) bond motifs is 1. The summed E-state index contributed by atoms with van der Waals surface area (Å²) in [7, 11) is 0. The number of nitrogens with zero attached hydrogens (tertiary/aromatic N) is 1. The minimum Gasteiger partial charge on any atom is -0.394 e. The van der Waals surface area contributed by atoms with Crippen molar-refractivity contribution < 1.29 is 49.6 Å². The van der Waals surface area contributed by atoms with E-state index in [9.17, 15) is 19.8 Å². The molecule has 118 valence electrons. The van der Waals surface area contributed by atoms with E-state index in [1.54, 1.807) is 0 Å². The van der Waals surface area contributed by atoms with Crippen LogP contribution in [-0.4, -0.2) is 50.0 Å². The Morgan fingerprint density at radius 2 is 1.96 bits per heavy atom. The molecule has 4 atom stereocenters. The Kier molecular flexibility index (Phi) is 5.70. The second-order valence-corrected chi connectivity index (χ2v) is 5.41. The minimum atomic E-state index is -1.47. The van der Waals surface area contributed by atoms with Crippen LogP contribution in [0.4, 0.5) is 0 Å². The number of rotatable bonds is 2. The van der Waals surface area contributed by atoms with E-state index in [4.69, 9.17) is 21.4 Å². The van der Waals surface area contributed by atoms with Crippen molar-refractivity contribution in [1.82, 2.24) is 9.78 Å².